The van der Waals surface area contributed by atoms with Crippen molar-refractivity contribution < 1.29 is 4.42 Å². The molecule has 0 spiro atoms. The van der Waals surface area contributed by atoms with Gasteiger partial charge in [-0.25, -0.2) is 0 Å². The highest BCUT2D eigenvalue weighted by Crippen LogP contribution is 2.13. The van der Waals surface area contributed by atoms with Crippen LogP contribution in [0.1, 0.15) is 31.9 Å². The first kappa shape index (κ1) is 14.6. The molecule has 1 unspecified atom stereocenters. The van der Waals surface area contributed by atoms with E-state index in [1.54, 1.807) is 6.26 Å². The summed E-state index contributed by atoms with van der Waals surface area (Å²) in [5.41, 5.74) is 0. The standard InChI is InChI=1S/C13H22N2O.ClH/c1-2-12(15-7-3-4-8-15)10-14-11-13-6-5-9-16-13;/h5-6,9,12,14H,2-4,7-8,10-11H2,1H3;1H. The predicted molar refractivity (Wildman–Crippen MR) is 72.5 cm³/mol. The zero-order chi connectivity index (χ0) is 11.2. The number of halogens is 1. The molecule has 0 aromatic carbocycles. The van der Waals surface area contributed by atoms with E-state index in [2.05, 4.69) is 17.1 Å². The minimum atomic E-state index is 0. The third-order valence-corrected chi connectivity index (χ3v) is 3.39. The van der Waals surface area contributed by atoms with Crippen molar-refractivity contribution in [3.05, 3.63) is 24.2 Å². The third kappa shape index (κ3) is 4.34. The first-order valence-corrected chi connectivity index (χ1v) is 6.37. The first-order valence-electron chi connectivity index (χ1n) is 6.37. The van der Waals surface area contributed by atoms with Gasteiger partial charge in [0.05, 0.1) is 12.8 Å². The summed E-state index contributed by atoms with van der Waals surface area (Å²) in [6.45, 7) is 6.74. The van der Waals surface area contributed by atoms with Gasteiger partial charge in [0, 0.05) is 12.6 Å². The highest BCUT2D eigenvalue weighted by Gasteiger charge is 2.19. The van der Waals surface area contributed by atoms with Gasteiger partial charge in [0.2, 0.25) is 0 Å². The molecule has 1 fully saturated rings. The number of likely N-dealkylation sites (tertiary alicyclic amines) is 1. The summed E-state index contributed by atoms with van der Waals surface area (Å²) >= 11 is 0. The van der Waals surface area contributed by atoms with Crippen LogP contribution in [-0.2, 0) is 6.54 Å². The largest absolute Gasteiger partial charge is 0.468 e. The molecule has 2 heterocycles. The highest BCUT2D eigenvalue weighted by molar-refractivity contribution is 5.85. The van der Waals surface area contributed by atoms with Crippen molar-refractivity contribution >= 4 is 12.4 Å². The van der Waals surface area contributed by atoms with Gasteiger partial charge in [-0.2, -0.15) is 0 Å². The number of nitrogens with zero attached hydrogens (tertiary/aromatic N) is 1. The number of rotatable bonds is 6. The number of nitrogens with one attached hydrogen (secondary N) is 1. The van der Waals surface area contributed by atoms with Gasteiger partial charge in [-0.15, -0.1) is 12.4 Å². The quantitative estimate of drug-likeness (QED) is 0.851. The van der Waals surface area contributed by atoms with Gasteiger partial charge in [-0.05, 0) is 44.5 Å². The van der Waals surface area contributed by atoms with E-state index in [4.69, 9.17) is 4.42 Å². The lowest BCUT2D eigenvalue weighted by Gasteiger charge is -2.26. The van der Waals surface area contributed by atoms with Crippen molar-refractivity contribution in [1.29, 1.82) is 0 Å². The maximum atomic E-state index is 5.30. The normalized spacial score (nSPS) is 17.9. The molecule has 0 saturated carbocycles. The van der Waals surface area contributed by atoms with Gasteiger partial charge in [-0.1, -0.05) is 6.92 Å². The number of hydrogen-bond donors (Lipinski definition) is 1. The van der Waals surface area contributed by atoms with Gasteiger partial charge < -0.3 is 9.73 Å². The topological polar surface area (TPSA) is 28.4 Å². The van der Waals surface area contributed by atoms with Gasteiger partial charge >= 0.3 is 0 Å². The van der Waals surface area contributed by atoms with Gasteiger partial charge in [0.1, 0.15) is 5.76 Å². The fraction of sp³-hybridized carbons (Fsp3) is 0.692. The van der Waals surface area contributed by atoms with Crippen LogP contribution in [0.15, 0.2) is 22.8 Å². The maximum absolute atomic E-state index is 5.30. The molecule has 3 nitrogen and oxygen atoms in total. The molecular formula is C13H23ClN2O. The molecule has 0 aliphatic carbocycles. The molecular weight excluding hydrogens is 236 g/mol. The van der Waals surface area contributed by atoms with E-state index in [1.807, 2.05) is 12.1 Å². The lowest BCUT2D eigenvalue weighted by atomic mass is 10.2. The molecule has 1 aliphatic rings. The van der Waals surface area contributed by atoms with Crippen molar-refractivity contribution in [3.63, 3.8) is 0 Å². The van der Waals surface area contributed by atoms with Crippen LogP contribution in [0.25, 0.3) is 0 Å². The molecule has 0 radical (unpaired) electrons. The number of hydrogen-bond acceptors (Lipinski definition) is 3. The molecule has 98 valence electrons. The summed E-state index contributed by atoms with van der Waals surface area (Å²) in [6, 6.07) is 4.65. The molecule has 1 aliphatic heterocycles. The Morgan fingerprint density at radius 3 is 2.76 bits per heavy atom. The summed E-state index contributed by atoms with van der Waals surface area (Å²) in [5.74, 6) is 1.02. The first-order chi connectivity index (χ1) is 7.90. The van der Waals surface area contributed by atoms with Crippen LogP contribution < -0.4 is 5.32 Å². The van der Waals surface area contributed by atoms with Crippen LogP contribution >= 0.6 is 12.4 Å². The van der Waals surface area contributed by atoms with Crippen LogP contribution in [0.2, 0.25) is 0 Å². The average Bonchev–Trinajstić information content (AvgIpc) is 2.96. The molecule has 1 saturated heterocycles. The Hall–Kier alpha value is -0.510. The second kappa shape index (κ2) is 7.75. The summed E-state index contributed by atoms with van der Waals surface area (Å²) in [7, 11) is 0. The fourth-order valence-electron chi connectivity index (χ4n) is 2.41. The second-order valence-electron chi connectivity index (χ2n) is 4.52. The van der Waals surface area contributed by atoms with Crippen LogP contribution in [0.4, 0.5) is 0 Å². The van der Waals surface area contributed by atoms with Gasteiger partial charge in [-0.3, -0.25) is 4.90 Å². The van der Waals surface area contributed by atoms with E-state index in [9.17, 15) is 0 Å². The smallest absolute Gasteiger partial charge is 0.117 e. The minimum Gasteiger partial charge on any atom is -0.468 e. The lowest BCUT2D eigenvalue weighted by Crippen LogP contribution is -2.40. The summed E-state index contributed by atoms with van der Waals surface area (Å²) in [4.78, 5) is 2.61. The second-order valence-corrected chi connectivity index (χ2v) is 4.52. The van der Waals surface area contributed by atoms with Crippen LogP contribution in [-0.4, -0.2) is 30.6 Å². The van der Waals surface area contributed by atoms with Gasteiger partial charge in [0.15, 0.2) is 0 Å². The summed E-state index contributed by atoms with van der Waals surface area (Å²) in [5, 5.41) is 3.48. The van der Waals surface area contributed by atoms with Crippen molar-refractivity contribution in [1.82, 2.24) is 10.2 Å². The molecule has 2 rings (SSSR count). The van der Waals surface area contributed by atoms with Crippen molar-refractivity contribution in [2.24, 2.45) is 0 Å². The van der Waals surface area contributed by atoms with E-state index >= 15 is 0 Å². The minimum absolute atomic E-state index is 0. The molecule has 1 N–H and O–H groups in total. The Morgan fingerprint density at radius 2 is 2.18 bits per heavy atom. The third-order valence-electron chi connectivity index (χ3n) is 3.39. The van der Waals surface area contributed by atoms with Crippen LogP contribution in [0.5, 0.6) is 0 Å². The fourth-order valence-corrected chi connectivity index (χ4v) is 2.41. The van der Waals surface area contributed by atoms with E-state index in [0.717, 1.165) is 18.8 Å². The molecule has 0 amide bonds. The van der Waals surface area contributed by atoms with Crippen LogP contribution in [0.3, 0.4) is 0 Å². The SMILES string of the molecule is CCC(CNCc1ccco1)N1CCCC1.Cl. The monoisotopic (exact) mass is 258 g/mol. The highest BCUT2D eigenvalue weighted by atomic mass is 35.5. The molecule has 17 heavy (non-hydrogen) atoms. The van der Waals surface area contributed by atoms with Crippen molar-refractivity contribution in [2.75, 3.05) is 19.6 Å². The summed E-state index contributed by atoms with van der Waals surface area (Å²) < 4.78 is 5.30. The molecule has 1 atom stereocenters. The van der Waals surface area contributed by atoms with Crippen molar-refractivity contribution in [2.45, 2.75) is 38.8 Å². The Kier molecular flexibility index (Phi) is 6.63. The maximum Gasteiger partial charge on any atom is 0.117 e. The summed E-state index contributed by atoms with van der Waals surface area (Å²) in [6.07, 6.45) is 5.70. The Labute approximate surface area is 110 Å². The van der Waals surface area contributed by atoms with E-state index in [0.29, 0.717) is 6.04 Å². The molecule has 1 aromatic heterocycles. The van der Waals surface area contributed by atoms with E-state index < -0.39 is 0 Å². The average molecular weight is 259 g/mol. The Morgan fingerprint density at radius 1 is 1.41 bits per heavy atom. The lowest BCUT2D eigenvalue weighted by molar-refractivity contribution is 0.228. The Bertz CT molecular complexity index is 284. The van der Waals surface area contributed by atoms with Gasteiger partial charge in [0.25, 0.3) is 0 Å². The number of furan rings is 1. The Balaban J connectivity index is 0.00000144. The zero-order valence-electron chi connectivity index (χ0n) is 10.5. The molecule has 4 heteroatoms. The molecule has 1 aromatic rings. The van der Waals surface area contributed by atoms with E-state index in [-0.39, 0.29) is 12.4 Å². The van der Waals surface area contributed by atoms with Crippen LogP contribution in [0, 0.1) is 0 Å². The zero-order valence-corrected chi connectivity index (χ0v) is 11.3. The van der Waals surface area contributed by atoms with E-state index in [1.165, 1.54) is 32.4 Å². The predicted octanol–water partition coefficient (Wildman–Crippen LogP) is 2.67. The molecule has 0 bridgehead atoms. The van der Waals surface area contributed by atoms with Crippen molar-refractivity contribution in [3.8, 4) is 0 Å².